The lowest BCUT2D eigenvalue weighted by molar-refractivity contribution is -0.401. The van der Waals surface area contributed by atoms with Gasteiger partial charge < -0.3 is 15.1 Å². The number of aliphatic carboxylic acids is 2. The highest BCUT2D eigenvalue weighted by Crippen LogP contribution is 2.52. The van der Waals surface area contributed by atoms with Crippen LogP contribution in [0, 0.1) is 0 Å². The number of para-hydroxylation sites is 2. The molecule has 2 N–H and O–H groups in total. The molecule has 0 amide bonds. The Kier molecular flexibility index (Phi) is 9.77. The van der Waals surface area contributed by atoms with Gasteiger partial charge in [0.15, 0.2) is 5.71 Å². The summed E-state index contributed by atoms with van der Waals surface area (Å²) in [6.07, 6.45) is 12.8. The van der Waals surface area contributed by atoms with E-state index >= 15 is 0 Å². The third-order valence-corrected chi connectivity index (χ3v) is 10.2. The van der Waals surface area contributed by atoms with Gasteiger partial charge in [0.1, 0.15) is 7.05 Å². The van der Waals surface area contributed by atoms with Gasteiger partial charge in [0, 0.05) is 54.4 Å². The minimum absolute atomic E-state index is 0.0566. The third kappa shape index (κ3) is 6.64. The van der Waals surface area contributed by atoms with Gasteiger partial charge >= 0.3 is 11.9 Å². The maximum Gasteiger partial charge on any atom is 0.303 e. The number of carbonyl (C=O) groups is 2. The summed E-state index contributed by atoms with van der Waals surface area (Å²) < 4.78 is 2.20. The SMILES string of the molecule is CN1\C(=C/C=C/C=C/C2=[N+](C)c3ccccc3C2(CCC(=O)O)Cc2ccccc2)C(CCC(=O)O)(Cc2ccccc2)c2ccccc21. The molecule has 0 saturated carbocycles. The first kappa shape index (κ1) is 33.4. The van der Waals surface area contributed by atoms with Gasteiger partial charge in [0.2, 0.25) is 5.69 Å². The number of anilines is 1. The zero-order valence-electron chi connectivity index (χ0n) is 28.1. The molecule has 0 aromatic heterocycles. The van der Waals surface area contributed by atoms with Crippen LogP contribution in [0.25, 0.3) is 0 Å². The number of allylic oxidation sites excluding steroid dienone is 6. The molecule has 2 heterocycles. The fraction of sp³-hybridized carbons (Fsp3) is 0.233. The second-order valence-corrected chi connectivity index (χ2v) is 13.1. The molecule has 0 spiro atoms. The van der Waals surface area contributed by atoms with Crippen LogP contribution >= 0.6 is 0 Å². The minimum Gasteiger partial charge on any atom is -0.481 e. The van der Waals surface area contributed by atoms with Crippen molar-refractivity contribution >= 4 is 29.0 Å². The van der Waals surface area contributed by atoms with E-state index in [1.807, 2.05) is 78.9 Å². The summed E-state index contributed by atoms with van der Waals surface area (Å²) in [4.78, 5) is 26.1. The van der Waals surface area contributed by atoms with Crippen molar-refractivity contribution in [1.82, 2.24) is 0 Å². The molecule has 2 unspecified atom stereocenters. The van der Waals surface area contributed by atoms with E-state index in [0.29, 0.717) is 25.7 Å². The molecule has 248 valence electrons. The highest BCUT2D eigenvalue weighted by molar-refractivity contribution is 6.04. The standard InChI is InChI=1S/C43H42N2O4/c1-44-36-22-14-12-20-34(36)42(28-26-40(46)47,30-32-16-6-3-7-17-32)38(44)24-10-5-11-25-39-43(29-27-41(48)49,31-33-18-8-4-9-19-33)35-21-13-15-23-37(35)45(39)2/h3-25H,26-31H2,1-2H3,(H-,46,47,48,49)/p+1. The average Bonchev–Trinajstić information content (AvgIpc) is 3.48. The van der Waals surface area contributed by atoms with E-state index in [4.69, 9.17) is 0 Å². The third-order valence-electron chi connectivity index (χ3n) is 10.2. The Labute approximate surface area is 288 Å². The van der Waals surface area contributed by atoms with E-state index in [1.54, 1.807) is 0 Å². The van der Waals surface area contributed by atoms with Crippen molar-refractivity contribution in [2.24, 2.45) is 0 Å². The maximum absolute atomic E-state index is 11.9. The van der Waals surface area contributed by atoms with Gasteiger partial charge in [-0.1, -0.05) is 115 Å². The quantitative estimate of drug-likeness (QED) is 0.112. The van der Waals surface area contributed by atoms with Crippen molar-refractivity contribution in [3.8, 4) is 0 Å². The van der Waals surface area contributed by atoms with Crippen molar-refractivity contribution in [2.45, 2.75) is 49.4 Å². The second kappa shape index (κ2) is 14.3. The van der Waals surface area contributed by atoms with Crippen LogP contribution in [0.3, 0.4) is 0 Å². The second-order valence-electron chi connectivity index (χ2n) is 13.1. The zero-order chi connectivity index (χ0) is 34.4. The molecule has 2 aliphatic rings. The number of rotatable bonds is 13. The highest BCUT2D eigenvalue weighted by Gasteiger charge is 2.50. The number of likely N-dealkylation sites (N-methyl/N-ethyl adjacent to an activating group) is 1. The van der Waals surface area contributed by atoms with Gasteiger partial charge in [-0.15, -0.1) is 0 Å². The normalized spacial score (nSPS) is 20.8. The molecule has 6 rings (SSSR count). The Morgan fingerprint density at radius 1 is 0.673 bits per heavy atom. The molecular formula is C43H43N2O4+. The Morgan fingerprint density at radius 3 is 1.84 bits per heavy atom. The highest BCUT2D eigenvalue weighted by atomic mass is 16.4. The molecule has 2 aliphatic heterocycles. The summed E-state index contributed by atoms with van der Waals surface area (Å²) in [5, 5.41) is 19.6. The Morgan fingerprint density at radius 2 is 1.20 bits per heavy atom. The minimum atomic E-state index is -0.808. The van der Waals surface area contributed by atoms with Crippen LogP contribution in [0.4, 0.5) is 11.4 Å². The van der Waals surface area contributed by atoms with E-state index < -0.39 is 22.8 Å². The summed E-state index contributed by atoms with van der Waals surface area (Å²) >= 11 is 0. The molecule has 4 aromatic rings. The van der Waals surface area contributed by atoms with E-state index in [1.165, 1.54) is 0 Å². The van der Waals surface area contributed by atoms with E-state index in [0.717, 1.165) is 45.0 Å². The van der Waals surface area contributed by atoms with E-state index in [-0.39, 0.29) is 12.8 Å². The molecule has 0 saturated heterocycles. The van der Waals surface area contributed by atoms with Gasteiger partial charge in [-0.25, -0.2) is 0 Å². The molecule has 0 aliphatic carbocycles. The molecule has 0 radical (unpaired) electrons. The average molecular weight is 652 g/mol. The molecule has 4 aromatic carbocycles. The van der Waals surface area contributed by atoms with Crippen LogP contribution in [0.1, 0.15) is 47.9 Å². The van der Waals surface area contributed by atoms with Crippen LogP contribution in [0.15, 0.2) is 145 Å². The lowest BCUT2D eigenvalue weighted by Gasteiger charge is -2.33. The van der Waals surface area contributed by atoms with Gasteiger partial charge in [0.05, 0.1) is 5.41 Å². The summed E-state index contributed by atoms with van der Waals surface area (Å²) in [5.41, 5.74) is 7.86. The molecule has 0 fully saturated rings. The first-order chi connectivity index (χ1) is 23.7. The molecule has 49 heavy (non-hydrogen) atoms. The first-order valence-electron chi connectivity index (χ1n) is 16.9. The van der Waals surface area contributed by atoms with Crippen molar-refractivity contribution in [1.29, 1.82) is 0 Å². The lowest BCUT2D eigenvalue weighted by Crippen LogP contribution is -2.37. The Bertz CT molecular complexity index is 1960. The molecule has 6 heteroatoms. The summed E-state index contributed by atoms with van der Waals surface area (Å²) in [5.74, 6) is -1.62. The van der Waals surface area contributed by atoms with E-state index in [9.17, 15) is 19.8 Å². The van der Waals surface area contributed by atoms with Gasteiger partial charge in [-0.2, -0.15) is 4.58 Å². The van der Waals surface area contributed by atoms with Crippen LogP contribution < -0.4 is 4.90 Å². The zero-order valence-corrected chi connectivity index (χ0v) is 28.1. The summed E-state index contributed by atoms with van der Waals surface area (Å²) in [7, 11) is 4.12. The Balaban J connectivity index is 1.38. The number of benzene rings is 4. The molecule has 6 nitrogen and oxygen atoms in total. The summed E-state index contributed by atoms with van der Waals surface area (Å²) in [6.45, 7) is 0. The largest absolute Gasteiger partial charge is 0.481 e. The number of carboxylic acid groups (broad SMARTS) is 2. The van der Waals surface area contributed by atoms with E-state index in [2.05, 4.69) is 84.3 Å². The monoisotopic (exact) mass is 651 g/mol. The van der Waals surface area contributed by atoms with Crippen LogP contribution in [-0.4, -0.2) is 46.5 Å². The van der Waals surface area contributed by atoms with Gasteiger partial charge in [0.25, 0.3) is 0 Å². The fourth-order valence-corrected chi connectivity index (χ4v) is 8.02. The lowest BCUT2D eigenvalue weighted by atomic mass is 9.69. The van der Waals surface area contributed by atoms with Crippen LogP contribution in [0.2, 0.25) is 0 Å². The predicted octanol–water partition coefficient (Wildman–Crippen LogP) is 8.25. The number of hydrogen-bond donors (Lipinski definition) is 2. The van der Waals surface area contributed by atoms with Crippen molar-refractivity contribution < 1.29 is 24.4 Å². The van der Waals surface area contributed by atoms with Crippen molar-refractivity contribution in [3.63, 3.8) is 0 Å². The topological polar surface area (TPSA) is 80.8 Å². The molecular weight excluding hydrogens is 608 g/mol. The van der Waals surface area contributed by atoms with Crippen molar-refractivity contribution in [3.05, 3.63) is 168 Å². The number of carboxylic acids is 2. The maximum atomic E-state index is 11.9. The van der Waals surface area contributed by atoms with Gasteiger partial charge in [-0.3, -0.25) is 9.59 Å². The number of fused-ring (bicyclic) bond motifs is 2. The number of hydrogen-bond acceptors (Lipinski definition) is 3. The predicted molar refractivity (Wildman–Crippen MR) is 196 cm³/mol. The van der Waals surface area contributed by atoms with Crippen LogP contribution in [0.5, 0.6) is 0 Å². The molecule has 0 bridgehead atoms. The van der Waals surface area contributed by atoms with Gasteiger partial charge in [-0.05, 0) is 54.5 Å². The fourth-order valence-electron chi connectivity index (χ4n) is 8.02. The smallest absolute Gasteiger partial charge is 0.303 e. The first-order valence-corrected chi connectivity index (χ1v) is 16.9. The Hall–Kier alpha value is -5.49. The molecule has 2 atom stereocenters. The number of nitrogens with zero attached hydrogens (tertiary/aromatic N) is 2. The van der Waals surface area contributed by atoms with Crippen molar-refractivity contribution in [2.75, 3.05) is 19.0 Å². The van der Waals surface area contributed by atoms with Crippen LogP contribution in [-0.2, 0) is 33.3 Å². The summed E-state index contributed by atoms with van der Waals surface area (Å²) in [6, 6.07) is 37.2.